The van der Waals surface area contributed by atoms with Crippen LogP contribution in [0.3, 0.4) is 0 Å². The van der Waals surface area contributed by atoms with E-state index in [1.165, 1.54) is 0 Å². The van der Waals surface area contributed by atoms with Gasteiger partial charge in [0.1, 0.15) is 5.84 Å². The van der Waals surface area contributed by atoms with Crippen LogP contribution in [0.15, 0.2) is 53.6 Å². The normalized spacial score (nSPS) is 22.5. The maximum atomic E-state index is 12.2. The molecule has 1 amide bonds. The molecular weight excluding hydrogens is 356 g/mol. The number of hydrogen-bond acceptors (Lipinski definition) is 6. The number of nitrogens with zero attached hydrogens (tertiary/aromatic N) is 1. The summed E-state index contributed by atoms with van der Waals surface area (Å²) in [5, 5.41) is 6.33. The van der Waals surface area contributed by atoms with E-state index in [9.17, 15) is 4.79 Å². The topological polar surface area (TPSA) is 98.0 Å². The molecule has 0 aromatic heterocycles. The van der Waals surface area contributed by atoms with Gasteiger partial charge in [0, 0.05) is 24.2 Å². The lowest BCUT2D eigenvalue weighted by atomic mass is 9.90. The van der Waals surface area contributed by atoms with Crippen LogP contribution in [0.2, 0.25) is 0 Å². The highest BCUT2D eigenvalue weighted by Crippen LogP contribution is 2.27. The molecule has 1 aliphatic carbocycles. The number of nitrogens with one attached hydrogen (secondary N) is 2. The Kier molecular flexibility index (Phi) is 6.97. The minimum atomic E-state index is -0.185. The first-order chi connectivity index (χ1) is 13.6. The van der Waals surface area contributed by atoms with Gasteiger partial charge in [-0.15, -0.1) is 0 Å². The summed E-state index contributed by atoms with van der Waals surface area (Å²) in [5.74, 6) is 0.725. The molecule has 2 aliphatic rings. The van der Waals surface area contributed by atoms with E-state index in [-0.39, 0.29) is 17.5 Å². The molecule has 0 saturated heterocycles. The number of fused-ring (bicyclic) bond motifs is 1. The number of aliphatic imine (C=N–C) groups is 1. The largest absolute Gasteiger partial charge is 0.378 e. The minimum Gasteiger partial charge on any atom is -0.378 e. The lowest BCUT2D eigenvalue weighted by molar-refractivity contribution is 0.0511. The van der Waals surface area contributed by atoms with Crippen molar-refractivity contribution in [3.63, 3.8) is 0 Å². The zero-order chi connectivity index (χ0) is 19.8. The molecular formula is C21H28N4O3. The second-order valence-corrected chi connectivity index (χ2v) is 6.92. The van der Waals surface area contributed by atoms with E-state index in [4.69, 9.17) is 20.2 Å². The van der Waals surface area contributed by atoms with Gasteiger partial charge in [0.15, 0.2) is 0 Å². The summed E-state index contributed by atoms with van der Waals surface area (Å²) in [4.78, 5) is 17.0. The van der Waals surface area contributed by atoms with Crippen molar-refractivity contribution in [2.24, 2.45) is 10.7 Å². The zero-order valence-electron chi connectivity index (χ0n) is 16.2. The van der Waals surface area contributed by atoms with Crippen molar-refractivity contribution in [2.75, 3.05) is 39.5 Å². The molecule has 3 rings (SSSR count). The molecule has 1 heterocycles. The van der Waals surface area contributed by atoms with Crippen molar-refractivity contribution in [3.8, 4) is 0 Å². The Balaban J connectivity index is 1.44. The predicted octanol–water partition coefficient (Wildman–Crippen LogP) is 1.01. The lowest BCUT2D eigenvalue weighted by Gasteiger charge is -2.27. The number of amidine groups is 1. The van der Waals surface area contributed by atoms with E-state index in [2.05, 4.69) is 29.7 Å². The highest BCUT2D eigenvalue weighted by atomic mass is 16.5. The van der Waals surface area contributed by atoms with Crippen molar-refractivity contribution >= 4 is 11.7 Å². The molecule has 7 heteroatoms. The first-order valence-electron chi connectivity index (χ1n) is 9.58. The Morgan fingerprint density at radius 2 is 1.93 bits per heavy atom. The van der Waals surface area contributed by atoms with Crippen LogP contribution in [0, 0.1) is 0 Å². The van der Waals surface area contributed by atoms with E-state index in [0.717, 1.165) is 11.4 Å². The Bertz CT molecular complexity index is 757. The molecule has 0 saturated carbocycles. The zero-order valence-corrected chi connectivity index (χ0v) is 16.2. The molecule has 2 unspecified atom stereocenters. The number of ether oxygens (including phenoxy) is 2. The van der Waals surface area contributed by atoms with Crippen LogP contribution in [0.4, 0.5) is 0 Å². The molecule has 0 spiro atoms. The van der Waals surface area contributed by atoms with Gasteiger partial charge in [-0.2, -0.15) is 0 Å². The number of rotatable bonds is 10. The van der Waals surface area contributed by atoms with E-state index < -0.39 is 0 Å². The van der Waals surface area contributed by atoms with Crippen LogP contribution in [0.25, 0.3) is 0 Å². The van der Waals surface area contributed by atoms with Crippen molar-refractivity contribution < 1.29 is 14.3 Å². The van der Waals surface area contributed by atoms with Crippen molar-refractivity contribution in [1.82, 2.24) is 10.6 Å². The Hall–Kier alpha value is -2.48. The average Bonchev–Trinajstić information content (AvgIpc) is 3.07. The second-order valence-electron chi connectivity index (χ2n) is 6.92. The van der Waals surface area contributed by atoms with Gasteiger partial charge in [0.05, 0.1) is 38.0 Å². The summed E-state index contributed by atoms with van der Waals surface area (Å²) < 4.78 is 10.6. The van der Waals surface area contributed by atoms with Gasteiger partial charge in [-0.25, -0.2) is 0 Å². The molecule has 0 bridgehead atoms. The fourth-order valence-corrected chi connectivity index (χ4v) is 3.11. The van der Waals surface area contributed by atoms with Crippen molar-refractivity contribution in [2.45, 2.75) is 18.5 Å². The molecule has 1 aromatic carbocycles. The Labute approximate surface area is 165 Å². The number of benzene rings is 1. The monoisotopic (exact) mass is 384 g/mol. The van der Waals surface area contributed by atoms with Crippen LogP contribution in [0.5, 0.6) is 0 Å². The molecule has 150 valence electrons. The fourth-order valence-electron chi connectivity index (χ4n) is 3.11. The van der Waals surface area contributed by atoms with Crippen molar-refractivity contribution in [1.29, 1.82) is 0 Å². The van der Waals surface area contributed by atoms with E-state index in [1.54, 1.807) is 0 Å². The molecule has 2 atom stereocenters. The van der Waals surface area contributed by atoms with Gasteiger partial charge >= 0.3 is 0 Å². The van der Waals surface area contributed by atoms with Gasteiger partial charge < -0.3 is 25.8 Å². The van der Waals surface area contributed by atoms with E-state index >= 15 is 0 Å². The third-order valence-electron chi connectivity index (χ3n) is 4.70. The van der Waals surface area contributed by atoms with Crippen LogP contribution in [-0.4, -0.2) is 62.8 Å². The predicted molar refractivity (Wildman–Crippen MR) is 110 cm³/mol. The number of allylic oxidation sites excluding steroid dienone is 2. The van der Waals surface area contributed by atoms with Gasteiger partial charge in [-0.3, -0.25) is 9.79 Å². The summed E-state index contributed by atoms with van der Waals surface area (Å²) in [6.45, 7) is 5.06. The van der Waals surface area contributed by atoms with Gasteiger partial charge in [-0.1, -0.05) is 36.4 Å². The third kappa shape index (κ3) is 5.07. The maximum absolute atomic E-state index is 12.2. The fraction of sp³-hybridized carbons (Fsp3) is 0.429. The minimum absolute atomic E-state index is 0.0937. The number of carbonyl (C=O) groups excluding carboxylic acids is 1. The van der Waals surface area contributed by atoms with Crippen LogP contribution < -0.4 is 16.4 Å². The number of amides is 1. The number of nitrogens with two attached hydrogens (primary N) is 1. The van der Waals surface area contributed by atoms with Gasteiger partial charge in [0.25, 0.3) is 5.91 Å². The summed E-state index contributed by atoms with van der Waals surface area (Å²) in [7, 11) is 0. The summed E-state index contributed by atoms with van der Waals surface area (Å²) in [6, 6.07) is 7.55. The molecule has 1 aromatic rings. The number of carbonyl (C=O) groups is 1. The highest BCUT2D eigenvalue weighted by molar-refractivity contribution is 6.02. The van der Waals surface area contributed by atoms with Crippen molar-refractivity contribution in [3.05, 3.63) is 59.7 Å². The maximum Gasteiger partial charge on any atom is 0.251 e. The first-order valence-corrected chi connectivity index (χ1v) is 9.58. The van der Waals surface area contributed by atoms with Crippen LogP contribution in [0.1, 0.15) is 22.8 Å². The average molecular weight is 384 g/mol. The summed E-state index contributed by atoms with van der Waals surface area (Å²) in [5.41, 5.74) is 6.72. The lowest BCUT2D eigenvalue weighted by Crippen LogP contribution is -2.46. The molecule has 1 aliphatic heterocycles. The number of hydrogen-bond donors (Lipinski definition) is 3. The first kappa shape index (κ1) is 20.3. The summed E-state index contributed by atoms with van der Waals surface area (Å²) >= 11 is 0. The molecule has 4 N–H and O–H groups in total. The second kappa shape index (κ2) is 9.64. The summed E-state index contributed by atoms with van der Waals surface area (Å²) in [6.07, 6.45) is 8.27. The van der Waals surface area contributed by atoms with E-state index in [1.807, 2.05) is 36.4 Å². The quantitative estimate of drug-likeness (QED) is 0.523. The third-order valence-corrected chi connectivity index (χ3v) is 4.70. The van der Waals surface area contributed by atoms with Gasteiger partial charge in [-0.05, 0) is 19.1 Å². The van der Waals surface area contributed by atoms with Crippen LogP contribution in [-0.2, 0) is 9.47 Å². The SMILES string of the molecule is CC12C=CC=CC1N=C(c1ccc(C(=O)NCCOCCOCCN)cc1)N2. The standard InChI is InChI=1S/C21H28N4O3/c1-21-9-3-2-4-18(21)24-19(25-21)16-5-7-17(8-6-16)20(26)23-11-13-28-15-14-27-12-10-22/h2-9,18H,10-15,22H2,1H3,(H,23,26)(H,24,25). The Morgan fingerprint density at radius 3 is 2.64 bits per heavy atom. The molecule has 7 nitrogen and oxygen atoms in total. The molecule has 0 fully saturated rings. The van der Waals surface area contributed by atoms with Gasteiger partial charge in [0.2, 0.25) is 0 Å². The molecule has 0 radical (unpaired) electrons. The highest BCUT2D eigenvalue weighted by Gasteiger charge is 2.37. The molecule has 28 heavy (non-hydrogen) atoms. The van der Waals surface area contributed by atoms with E-state index in [0.29, 0.717) is 45.1 Å². The Morgan fingerprint density at radius 1 is 1.18 bits per heavy atom. The van der Waals surface area contributed by atoms with Crippen LogP contribution >= 0.6 is 0 Å². The smallest absolute Gasteiger partial charge is 0.251 e.